The molecule has 166 valence electrons. The average molecular weight is 470 g/mol. The van der Waals surface area contributed by atoms with Crippen molar-refractivity contribution in [1.29, 1.82) is 0 Å². The predicted molar refractivity (Wildman–Crippen MR) is 129 cm³/mol. The van der Waals surface area contributed by atoms with Crippen LogP contribution >= 0.6 is 23.4 Å². The average Bonchev–Trinajstić information content (AvgIpc) is 3.16. The fraction of sp³-hybridized carbons (Fsp3) is 0.217. The summed E-state index contributed by atoms with van der Waals surface area (Å²) in [5, 5.41) is 15.1. The highest BCUT2D eigenvalue weighted by Crippen LogP contribution is 2.19. The van der Waals surface area contributed by atoms with Gasteiger partial charge in [-0.2, -0.15) is 0 Å². The van der Waals surface area contributed by atoms with Crippen molar-refractivity contribution in [1.82, 2.24) is 14.8 Å². The van der Waals surface area contributed by atoms with Crippen molar-refractivity contribution in [3.8, 4) is 0 Å². The van der Waals surface area contributed by atoms with Crippen molar-refractivity contribution in [3.05, 3.63) is 77.6 Å². The number of allylic oxidation sites excluding steroid dienone is 1. The number of aromatic nitrogens is 3. The van der Waals surface area contributed by atoms with Crippen LogP contribution in [0.5, 0.6) is 0 Å². The van der Waals surface area contributed by atoms with Crippen molar-refractivity contribution in [2.24, 2.45) is 0 Å². The van der Waals surface area contributed by atoms with E-state index in [1.54, 1.807) is 34.9 Å². The minimum Gasteiger partial charge on any atom is -0.326 e. The molecule has 0 aliphatic carbocycles. The van der Waals surface area contributed by atoms with Gasteiger partial charge >= 0.3 is 0 Å². The summed E-state index contributed by atoms with van der Waals surface area (Å²) in [5.74, 6) is 0.292. The number of anilines is 2. The van der Waals surface area contributed by atoms with E-state index in [-0.39, 0.29) is 24.0 Å². The summed E-state index contributed by atoms with van der Waals surface area (Å²) in [6.07, 6.45) is 2.69. The van der Waals surface area contributed by atoms with Crippen molar-refractivity contribution >= 4 is 46.6 Å². The molecule has 0 aliphatic rings. The van der Waals surface area contributed by atoms with E-state index in [4.69, 9.17) is 11.6 Å². The highest BCUT2D eigenvalue weighted by atomic mass is 35.5. The van der Waals surface area contributed by atoms with Crippen LogP contribution in [0.25, 0.3) is 0 Å². The van der Waals surface area contributed by atoms with E-state index in [0.29, 0.717) is 28.2 Å². The third-order valence-corrected chi connectivity index (χ3v) is 5.75. The Morgan fingerprint density at radius 1 is 1.03 bits per heavy atom. The predicted octanol–water partition coefficient (Wildman–Crippen LogP) is 4.59. The Kier molecular flexibility index (Phi) is 8.47. The molecule has 0 radical (unpaired) electrons. The smallest absolute Gasteiger partial charge is 0.234 e. The van der Waals surface area contributed by atoms with Crippen LogP contribution in [0.1, 0.15) is 18.3 Å². The van der Waals surface area contributed by atoms with Crippen molar-refractivity contribution in [3.63, 3.8) is 0 Å². The first-order valence-corrected chi connectivity index (χ1v) is 11.4. The number of rotatable bonds is 10. The zero-order valence-corrected chi connectivity index (χ0v) is 19.2. The number of aryl methyl sites for hydroxylation is 1. The largest absolute Gasteiger partial charge is 0.326 e. The summed E-state index contributed by atoms with van der Waals surface area (Å²) < 4.78 is 1.78. The fourth-order valence-electron chi connectivity index (χ4n) is 2.90. The molecule has 9 heteroatoms. The van der Waals surface area contributed by atoms with Gasteiger partial charge in [-0.25, -0.2) is 0 Å². The molecule has 0 spiro atoms. The number of thioether (sulfide) groups is 1. The van der Waals surface area contributed by atoms with E-state index in [1.165, 1.54) is 17.3 Å². The molecule has 0 fully saturated rings. The first kappa shape index (κ1) is 23.6. The minimum atomic E-state index is -0.227. The number of hydrogen-bond acceptors (Lipinski definition) is 5. The Hall–Kier alpha value is -3.10. The van der Waals surface area contributed by atoms with E-state index in [0.717, 1.165) is 12.1 Å². The Morgan fingerprint density at radius 3 is 2.28 bits per heavy atom. The van der Waals surface area contributed by atoms with Crippen LogP contribution in [0.2, 0.25) is 5.02 Å². The molecule has 1 aromatic heterocycles. The molecule has 0 bridgehead atoms. The van der Waals surface area contributed by atoms with Crippen molar-refractivity contribution in [2.45, 2.75) is 31.5 Å². The first-order valence-electron chi connectivity index (χ1n) is 10.1. The molecule has 0 saturated carbocycles. The molecule has 2 aromatic carbocycles. The number of carbonyl (C=O) groups is 2. The number of nitrogens with zero attached hydrogens (tertiary/aromatic N) is 3. The summed E-state index contributed by atoms with van der Waals surface area (Å²) in [5.41, 5.74) is 2.61. The highest BCUT2D eigenvalue weighted by Gasteiger charge is 2.16. The Bertz CT molecular complexity index is 1080. The molecule has 7 nitrogen and oxygen atoms in total. The number of amides is 2. The van der Waals surface area contributed by atoms with Gasteiger partial charge in [0.2, 0.25) is 11.8 Å². The maximum atomic E-state index is 12.4. The summed E-state index contributed by atoms with van der Waals surface area (Å²) >= 11 is 7.13. The second-order valence-corrected chi connectivity index (χ2v) is 8.30. The summed E-state index contributed by atoms with van der Waals surface area (Å²) in [6, 6.07) is 14.6. The van der Waals surface area contributed by atoms with Crippen LogP contribution in [0, 0.1) is 0 Å². The van der Waals surface area contributed by atoms with E-state index in [9.17, 15) is 9.59 Å². The number of halogens is 1. The van der Waals surface area contributed by atoms with E-state index < -0.39 is 0 Å². The maximum absolute atomic E-state index is 12.4. The summed E-state index contributed by atoms with van der Waals surface area (Å²) in [7, 11) is 0. The monoisotopic (exact) mass is 469 g/mol. The highest BCUT2D eigenvalue weighted by molar-refractivity contribution is 7.99. The molecule has 2 amide bonds. The molecular weight excluding hydrogens is 446 g/mol. The van der Waals surface area contributed by atoms with E-state index in [1.807, 2.05) is 24.3 Å². The molecule has 0 saturated heterocycles. The normalized spacial score (nSPS) is 10.6. The molecular formula is C23H24ClN5O2S. The fourth-order valence-corrected chi connectivity index (χ4v) is 3.79. The summed E-state index contributed by atoms with van der Waals surface area (Å²) in [6.45, 7) is 6.27. The van der Waals surface area contributed by atoms with Crippen LogP contribution in [0.15, 0.2) is 66.3 Å². The quantitative estimate of drug-likeness (QED) is 0.335. The number of hydrogen-bond donors (Lipinski definition) is 2. The number of benzene rings is 2. The van der Waals surface area contributed by atoms with Crippen LogP contribution in [-0.2, 0) is 29.0 Å². The molecule has 32 heavy (non-hydrogen) atoms. The lowest BCUT2D eigenvalue weighted by Crippen LogP contribution is -2.18. The second-order valence-electron chi connectivity index (χ2n) is 6.92. The lowest BCUT2D eigenvalue weighted by atomic mass is 10.1. The summed E-state index contributed by atoms with van der Waals surface area (Å²) in [4.78, 5) is 24.8. The van der Waals surface area contributed by atoms with Crippen LogP contribution in [0.3, 0.4) is 0 Å². The topological polar surface area (TPSA) is 88.9 Å². The standard InChI is InChI=1S/C23H24ClN5O2S/c1-3-13-29-20(14-21(30)25-19-11-7-17(24)8-12-19)27-28-23(29)32-15-22(31)26-18-9-5-16(4-2)6-10-18/h3,5-12H,1,4,13-15H2,2H3,(H,25,30)(H,26,31). The maximum Gasteiger partial charge on any atom is 0.234 e. The Balaban J connectivity index is 1.59. The Morgan fingerprint density at radius 2 is 1.66 bits per heavy atom. The van der Waals surface area contributed by atoms with Crippen LogP contribution < -0.4 is 10.6 Å². The molecule has 0 aliphatic heterocycles. The number of nitrogens with one attached hydrogen (secondary N) is 2. The lowest BCUT2D eigenvalue weighted by Gasteiger charge is -2.09. The van der Waals surface area contributed by atoms with Gasteiger partial charge in [0, 0.05) is 22.9 Å². The van der Waals surface area contributed by atoms with E-state index in [2.05, 4.69) is 34.3 Å². The van der Waals surface area contributed by atoms with Gasteiger partial charge in [-0.3, -0.25) is 9.59 Å². The van der Waals surface area contributed by atoms with Crippen molar-refractivity contribution in [2.75, 3.05) is 16.4 Å². The van der Waals surface area contributed by atoms with Gasteiger partial charge in [0.05, 0.1) is 12.2 Å². The third kappa shape index (κ3) is 6.70. The number of carbonyl (C=O) groups excluding carboxylic acids is 2. The van der Waals surface area contributed by atoms with Gasteiger partial charge in [-0.05, 0) is 48.4 Å². The van der Waals surface area contributed by atoms with Gasteiger partial charge in [0.25, 0.3) is 0 Å². The molecule has 2 N–H and O–H groups in total. The lowest BCUT2D eigenvalue weighted by molar-refractivity contribution is -0.116. The zero-order chi connectivity index (χ0) is 22.9. The van der Waals surface area contributed by atoms with Gasteiger partial charge < -0.3 is 15.2 Å². The first-order chi connectivity index (χ1) is 15.5. The molecule has 3 rings (SSSR count). The minimum absolute atomic E-state index is 0.0417. The van der Waals surface area contributed by atoms with Gasteiger partial charge in [0.1, 0.15) is 5.82 Å². The van der Waals surface area contributed by atoms with Gasteiger partial charge in [0.15, 0.2) is 5.16 Å². The van der Waals surface area contributed by atoms with Gasteiger partial charge in [-0.1, -0.05) is 48.5 Å². The second kappa shape index (κ2) is 11.5. The Labute approximate surface area is 196 Å². The SMILES string of the molecule is C=CCn1c(CC(=O)Nc2ccc(Cl)cc2)nnc1SCC(=O)Nc1ccc(CC)cc1. The van der Waals surface area contributed by atoms with Gasteiger partial charge in [-0.15, -0.1) is 16.8 Å². The molecule has 3 aromatic rings. The van der Waals surface area contributed by atoms with E-state index >= 15 is 0 Å². The zero-order valence-electron chi connectivity index (χ0n) is 17.7. The molecule has 0 atom stereocenters. The van der Waals surface area contributed by atoms with Crippen LogP contribution in [-0.4, -0.2) is 32.3 Å². The molecule has 1 heterocycles. The third-order valence-electron chi connectivity index (χ3n) is 4.53. The van der Waals surface area contributed by atoms with Crippen molar-refractivity contribution < 1.29 is 9.59 Å². The molecule has 0 unspecified atom stereocenters. The van der Waals surface area contributed by atoms with Crippen LogP contribution in [0.4, 0.5) is 11.4 Å².